The standard InChI is InChI=1S/C46H31NO/c1-3-11-32(12-4-1)34-19-25-38(26-20-34)47(39-27-21-35(22-28-39)33-13-5-2-6-14-33)44-18-10-9-16-40(44)37-24-29-42-43-30-23-36-15-7-8-17-41(36)46(43)48-45(42)31-37/h1-31H. The number of hydrogen-bond acceptors (Lipinski definition) is 2. The predicted octanol–water partition coefficient (Wildman–Crippen LogP) is 13.2. The first-order valence-electron chi connectivity index (χ1n) is 16.3. The van der Waals surface area contributed by atoms with Gasteiger partial charge in [0.15, 0.2) is 0 Å². The van der Waals surface area contributed by atoms with Crippen molar-refractivity contribution in [2.75, 3.05) is 4.90 Å². The van der Waals surface area contributed by atoms with Gasteiger partial charge in [0.05, 0.1) is 5.69 Å². The summed E-state index contributed by atoms with van der Waals surface area (Å²) in [6.45, 7) is 0. The monoisotopic (exact) mass is 613 g/mol. The van der Waals surface area contributed by atoms with Gasteiger partial charge < -0.3 is 9.32 Å². The Morgan fingerprint density at radius 3 is 1.54 bits per heavy atom. The number of fused-ring (bicyclic) bond motifs is 5. The maximum atomic E-state index is 6.59. The average Bonchev–Trinajstić information content (AvgIpc) is 3.55. The van der Waals surface area contributed by atoms with Crippen LogP contribution in [0.1, 0.15) is 0 Å². The summed E-state index contributed by atoms with van der Waals surface area (Å²) in [6.07, 6.45) is 0. The molecular formula is C46H31NO. The first-order valence-corrected chi connectivity index (χ1v) is 16.3. The fourth-order valence-electron chi connectivity index (χ4n) is 6.88. The van der Waals surface area contributed by atoms with Crippen LogP contribution in [0.15, 0.2) is 192 Å². The van der Waals surface area contributed by atoms with Crippen LogP contribution in [0, 0.1) is 0 Å². The minimum Gasteiger partial charge on any atom is -0.455 e. The van der Waals surface area contributed by atoms with Crippen LogP contribution in [-0.4, -0.2) is 0 Å². The number of furan rings is 1. The van der Waals surface area contributed by atoms with Gasteiger partial charge in [-0.3, -0.25) is 0 Å². The van der Waals surface area contributed by atoms with Crippen LogP contribution in [0.4, 0.5) is 17.1 Å². The van der Waals surface area contributed by atoms with Crippen molar-refractivity contribution >= 4 is 49.8 Å². The molecule has 0 saturated carbocycles. The summed E-state index contributed by atoms with van der Waals surface area (Å²) in [5.74, 6) is 0. The van der Waals surface area contributed by atoms with E-state index in [0.29, 0.717) is 0 Å². The van der Waals surface area contributed by atoms with E-state index in [0.717, 1.165) is 55.5 Å². The average molecular weight is 614 g/mol. The fourth-order valence-corrected chi connectivity index (χ4v) is 6.88. The highest BCUT2D eigenvalue weighted by Crippen LogP contribution is 2.43. The van der Waals surface area contributed by atoms with Gasteiger partial charge in [0, 0.05) is 33.1 Å². The van der Waals surface area contributed by atoms with Gasteiger partial charge in [-0.15, -0.1) is 0 Å². The lowest BCUT2D eigenvalue weighted by Gasteiger charge is -2.28. The van der Waals surface area contributed by atoms with Crippen molar-refractivity contribution in [2.45, 2.75) is 0 Å². The van der Waals surface area contributed by atoms with Crippen LogP contribution >= 0.6 is 0 Å². The quantitative estimate of drug-likeness (QED) is 0.185. The summed E-state index contributed by atoms with van der Waals surface area (Å²) in [5, 5.41) is 4.59. The summed E-state index contributed by atoms with van der Waals surface area (Å²) < 4.78 is 6.59. The Morgan fingerprint density at radius 1 is 0.354 bits per heavy atom. The third-order valence-electron chi connectivity index (χ3n) is 9.28. The lowest BCUT2D eigenvalue weighted by atomic mass is 9.99. The Morgan fingerprint density at radius 2 is 0.875 bits per heavy atom. The molecule has 1 heterocycles. The summed E-state index contributed by atoms with van der Waals surface area (Å²) in [4.78, 5) is 2.36. The number of hydrogen-bond donors (Lipinski definition) is 0. The van der Waals surface area contributed by atoms with Crippen molar-refractivity contribution < 1.29 is 4.42 Å². The minimum atomic E-state index is 0.889. The number of nitrogens with zero attached hydrogens (tertiary/aromatic N) is 1. The Bertz CT molecular complexity index is 2450. The molecule has 0 aliphatic heterocycles. The Balaban J connectivity index is 1.18. The Hall–Kier alpha value is -6.38. The van der Waals surface area contributed by atoms with E-state index >= 15 is 0 Å². The van der Waals surface area contributed by atoms with Crippen molar-refractivity contribution in [2.24, 2.45) is 0 Å². The molecule has 1 aromatic heterocycles. The highest BCUT2D eigenvalue weighted by Gasteiger charge is 2.19. The lowest BCUT2D eigenvalue weighted by molar-refractivity contribution is 0.673. The summed E-state index contributed by atoms with van der Waals surface area (Å²) >= 11 is 0. The van der Waals surface area contributed by atoms with Crippen molar-refractivity contribution in [3.05, 3.63) is 188 Å². The van der Waals surface area contributed by atoms with E-state index < -0.39 is 0 Å². The normalized spacial score (nSPS) is 11.3. The van der Waals surface area contributed by atoms with Crippen molar-refractivity contribution in [3.63, 3.8) is 0 Å². The van der Waals surface area contributed by atoms with E-state index in [1.165, 1.54) is 27.6 Å². The first kappa shape index (κ1) is 27.9. The van der Waals surface area contributed by atoms with E-state index in [4.69, 9.17) is 4.42 Å². The zero-order chi connectivity index (χ0) is 31.9. The molecule has 0 radical (unpaired) electrons. The molecule has 0 unspecified atom stereocenters. The first-order chi connectivity index (χ1) is 23.8. The molecule has 0 fully saturated rings. The van der Waals surface area contributed by atoms with E-state index in [1.54, 1.807) is 0 Å². The van der Waals surface area contributed by atoms with Crippen LogP contribution in [0.5, 0.6) is 0 Å². The van der Waals surface area contributed by atoms with Gasteiger partial charge in [-0.25, -0.2) is 0 Å². The predicted molar refractivity (Wildman–Crippen MR) is 202 cm³/mol. The third kappa shape index (κ3) is 4.92. The molecule has 0 saturated heterocycles. The molecular weight excluding hydrogens is 583 g/mol. The minimum absolute atomic E-state index is 0.889. The number of benzene rings is 8. The molecule has 0 spiro atoms. The second-order valence-electron chi connectivity index (χ2n) is 12.2. The molecule has 0 aliphatic rings. The molecule has 48 heavy (non-hydrogen) atoms. The van der Waals surface area contributed by atoms with Gasteiger partial charge in [0.1, 0.15) is 11.2 Å². The zero-order valence-corrected chi connectivity index (χ0v) is 26.3. The van der Waals surface area contributed by atoms with Crippen molar-refractivity contribution in [1.82, 2.24) is 0 Å². The molecule has 0 atom stereocenters. The van der Waals surface area contributed by atoms with Gasteiger partial charge in [-0.1, -0.05) is 140 Å². The molecule has 9 rings (SSSR count). The number of anilines is 3. The van der Waals surface area contributed by atoms with E-state index in [9.17, 15) is 0 Å². The number of para-hydroxylation sites is 1. The smallest absolute Gasteiger partial charge is 0.143 e. The molecule has 0 bridgehead atoms. The Kier molecular flexibility index (Phi) is 6.84. The van der Waals surface area contributed by atoms with Gasteiger partial charge in [0.2, 0.25) is 0 Å². The van der Waals surface area contributed by atoms with Crippen LogP contribution in [0.2, 0.25) is 0 Å². The largest absolute Gasteiger partial charge is 0.455 e. The molecule has 0 amide bonds. The molecule has 226 valence electrons. The van der Waals surface area contributed by atoms with Crippen LogP contribution in [0.3, 0.4) is 0 Å². The molecule has 2 nitrogen and oxygen atoms in total. The maximum absolute atomic E-state index is 6.59. The van der Waals surface area contributed by atoms with Gasteiger partial charge in [0.25, 0.3) is 0 Å². The summed E-state index contributed by atoms with van der Waals surface area (Å²) in [5.41, 5.74) is 12.1. The third-order valence-corrected chi connectivity index (χ3v) is 9.28. The van der Waals surface area contributed by atoms with Gasteiger partial charge in [-0.2, -0.15) is 0 Å². The molecule has 0 N–H and O–H groups in total. The van der Waals surface area contributed by atoms with E-state index in [2.05, 4.69) is 193 Å². The van der Waals surface area contributed by atoms with Crippen LogP contribution in [0.25, 0.3) is 66.1 Å². The topological polar surface area (TPSA) is 16.4 Å². The highest BCUT2D eigenvalue weighted by atomic mass is 16.3. The van der Waals surface area contributed by atoms with Gasteiger partial charge >= 0.3 is 0 Å². The molecule has 9 aromatic rings. The second-order valence-corrected chi connectivity index (χ2v) is 12.2. The SMILES string of the molecule is c1ccc(-c2ccc(N(c3ccc(-c4ccccc4)cc3)c3ccccc3-c3ccc4c(c3)oc3c5ccccc5ccc43)cc2)cc1. The highest BCUT2D eigenvalue weighted by molar-refractivity contribution is 6.15. The Labute approximate surface area is 279 Å². The van der Waals surface area contributed by atoms with Gasteiger partial charge in [-0.05, 0) is 81.7 Å². The fraction of sp³-hybridized carbons (Fsp3) is 0. The second kappa shape index (κ2) is 11.8. The van der Waals surface area contributed by atoms with E-state index in [1.807, 2.05) is 0 Å². The van der Waals surface area contributed by atoms with Crippen LogP contribution < -0.4 is 4.90 Å². The molecule has 8 aromatic carbocycles. The van der Waals surface area contributed by atoms with Crippen LogP contribution in [-0.2, 0) is 0 Å². The van der Waals surface area contributed by atoms with Crippen molar-refractivity contribution in [1.29, 1.82) is 0 Å². The number of rotatable bonds is 6. The maximum Gasteiger partial charge on any atom is 0.143 e. The summed E-state index contributed by atoms with van der Waals surface area (Å²) in [7, 11) is 0. The lowest BCUT2D eigenvalue weighted by Crippen LogP contribution is -2.11. The van der Waals surface area contributed by atoms with Crippen molar-refractivity contribution in [3.8, 4) is 33.4 Å². The molecule has 0 aliphatic carbocycles. The molecule has 2 heteroatoms. The summed E-state index contributed by atoms with van der Waals surface area (Å²) in [6, 6.07) is 66.8. The zero-order valence-electron chi connectivity index (χ0n) is 26.3. The van der Waals surface area contributed by atoms with E-state index in [-0.39, 0.29) is 0 Å².